The summed E-state index contributed by atoms with van der Waals surface area (Å²) in [6.45, 7) is 1.86. The molecule has 0 aliphatic heterocycles. The minimum Gasteiger partial charge on any atom is -0.389 e. The van der Waals surface area contributed by atoms with Gasteiger partial charge in [-0.15, -0.1) is 0 Å². The highest BCUT2D eigenvalue weighted by molar-refractivity contribution is 9.10. The summed E-state index contributed by atoms with van der Waals surface area (Å²) in [6, 6.07) is 10.4. The van der Waals surface area contributed by atoms with E-state index >= 15 is 0 Å². The van der Waals surface area contributed by atoms with E-state index in [9.17, 15) is 4.79 Å². The van der Waals surface area contributed by atoms with Crippen LogP contribution in [0.4, 0.5) is 5.82 Å². The maximum Gasteiger partial charge on any atom is 0.256 e. The van der Waals surface area contributed by atoms with Crippen LogP contribution in [0.3, 0.4) is 0 Å². The van der Waals surface area contributed by atoms with E-state index in [0.717, 1.165) is 15.7 Å². The smallest absolute Gasteiger partial charge is 0.256 e. The number of aromatic nitrogens is 1. The van der Waals surface area contributed by atoms with Crippen LogP contribution in [0.1, 0.15) is 21.6 Å². The molecule has 2 rings (SSSR count). The molecule has 1 aromatic heterocycles. The zero-order chi connectivity index (χ0) is 14.7. The van der Waals surface area contributed by atoms with Gasteiger partial charge in [-0.1, -0.05) is 24.4 Å². The average Bonchev–Trinajstić information content (AvgIpc) is 2.43. The molecule has 1 amide bonds. The largest absolute Gasteiger partial charge is 0.389 e. The number of hydrogen-bond donors (Lipinski definition) is 2. The van der Waals surface area contributed by atoms with Crippen molar-refractivity contribution in [2.45, 2.75) is 6.92 Å². The highest BCUT2D eigenvalue weighted by Gasteiger charge is 2.08. The van der Waals surface area contributed by atoms with E-state index in [1.54, 1.807) is 30.3 Å². The number of hydrogen-bond acceptors (Lipinski definition) is 3. The summed E-state index contributed by atoms with van der Waals surface area (Å²) in [5.74, 6) is 0.280. The highest BCUT2D eigenvalue weighted by atomic mass is 79.9. The molecule has 6 heteroatoms. The minimum atomic E-state index is -0.228. The van der Waals surface area contributed by atoms with Gasteiger partial charge in [-0.25, -0.2) is 4.98 Å². The molecule has 102 valence electrons. The van der Waals surface area contributed by atoms with Gasteiger partial charge in [0.15, 0.2) is 0 Å². The van der Waals surface area contributed by atoms with E-state index in [2.05, 4.69) is 26.2 Å². The molecule has 0 aliphatic carbocycles. The van der Waals surface area contributed by atoms with Crippen LogP contribution in [0.25, 0.3) is 0 Å². The average molecular weight is 350 g/mol. The van der Waals surface area contributed by atoms with Crippen LogP contribution in [0.15, 0.2) is 40.9 Å². The number of carbonyl (C=O) groups is 1. The van der Waals surface area contributed by atoms with Gasteiger partial charge in [0.25, 0.3) is 5.91 Å². The van der Waals surface area contributed by atoms with Gasteiger partial charge in [-0.2, -0.15) is 0 Å². The molecule has 0 saturated carbocycles. The quantitative estimate of drug-likeness (QED) is 0.835. The second-order valence-corrected chi connectivity index (χ2v) is 5.45. The number of aryl methyl sites for hydroxylation is 1. The monoisotopic (exact) mass is 349 g/mol. The van der Waals surface area contributed by atoms with Crippen LogP contribution in [-0.2, 0) is 0 Å². The van der Waals surface area contributed by atoms with Crippen molar-refractivity contribution >= 4 is 44.9 Å². The number of thiocarbonyl (C=S) groups is 1. The molecule has 0 atom stereocenters. The van der Waals surface area contributed by atoms with Gasteiger partial charge in [-0.3, -0.25) is 4.79 Å². The maximum atomic E-state index is 12.1. The van der Waals surface area contributed by atoms with Crippen LogP contribution in [0, 0.1) is 6.92 Å². The normalized spacial score (nSPS) is 10.1. The van der Waals surface area contributed by atoms with Gasteiger partial charge in [0.2, 0.25) is 0 Å². The lowest BCUT2D eigenvalue weighted by atomic mass is 10.1. The third-order valence-electron chi connectivity index (χ3n) is 2.69. The summed E-state index contributed by atoms with van der Waals surface area (Å²) in [4.78, 5) is 16.6. The SMILES string of the molecule is Cc1nc(NC(=O)c2ccc(C(N)=S)cc2)ccc1Br. The fourth-order valence-electron chi connectivity index (χ4n) is 1.59. The van der Waals surface area contributed by atoms with Crippen molar-refractivity contribution in [3.63, 3.8) is 0 Å². The molecule has 0 bridgehead atoms. The predicted octanol–water partition coefficient (Wildman–Crippen LogP) is 3.04. The first kappa shape index (κ1) is 14.6. The number of halogens is 1. The van der Waals surface area contributed by atoms with Gasteiger partial charge < -0.3 is 11.1 Å². The predicted molar refractivity (Wildman–Crippen MR) is 87.0 cm³/mol. The van der Waals surface area contributed by atoms with Crippen molar-refractivity contribution in [3.05, 3.63) is 57.7 Å². The summed E-state index contributed by atoms with van der Waals surface area (Å²) in [5, 5.41) is 2.74. The number of nitrogens with two attached hydrogens (primary N) is 1. The fourth-order valence-corrected chi connectivity index (χ4v) is 1.94. The van der Waals surface area contributed by atoms with E-state index in [-0.39, 0.29) is 5.91 Å². The number of nitrogens with zero attached hydrogens (tertiary/aromatic N) is 1. The molecule has 0 unspecified atom stereocenters. The van der Waals surface area contributed by atoms with Gasteiger partial charge in [0.1, 0.15) is 10.8 Å². The Kier molecular flexibility index (Phi) is 4.46. The van der Waals surface area contributed by atoms with E-state index < -0.39 is 0 Å². The number of nitrogens with one attached hydrogen (secondary N) is 1. The van der Waals surface area contributed by atoms with Gasteiger partial charge in [-0.05, 0) is 47.1 Å². The molecule has 1 heterocycles. The Labute approximate surface area is 130 Å². The molecule has 4 nitrogen and oxygen atoms in total. The van der Waals surface area contributed by atoms with Crippen LogP contribution in [0.5, 0.6) is 0 Å². The molecule has 2 aromatic rings. The Morgan fingerprint density at radius 2 is 1.80 bits per heavy atom. The van der Waals surface area contributed by atoms with E-state index in [0.29, 0.717) is 16.4 Å². The number of pyridine rings is 1. The zero-order valence-electron chi connectivity index (χ0n) is 10.7. The molecular formula is C14H12BrN3OS. The first-order chi connectivity index (χ1) is 9.47. The molecule has 0 aliphatic rings. The Balaban J connectivity index is 2.15. The van der Waals surface area contributed by atoms with E-state index in [1.165, 1.54) is 0 Å². The lowest BCUT2D eigenvalue weighted by Crippen LogP contribution is -2.14. The maximum absolute atomic E-state index is 12.1. The third kappa shape index (κ3) is 3.40. The van der Waals surface area contributed by atoms with Crippen molar-refractivity contribution < 1.29 is 4.79 Å². The number of benzene rings is 1. The highest BCUT2D eigenvalue weighted by Crippen LogP contribution is 2.16. The number of carbonyl (C=O) groups excluding carboxylic acids is 1. The number of amides is 1. The first-order valence-electron chi connectivity index (χ1n) is 5.82. The van der Waals surface area contributed by atoms with Gasteiger partial charge in [0, 0.05) is 15.6 Å². The van der Waals surface area contributed by atoms with Crippen LogP contribution in [-0.4, -0.2) is 15.9 Å². The molecule has 20 heavy (non-hydrogen) atoms. The van der Waals surface area contributed by atoms with Crippen molar-refractivity contribution in [3.8, 4) is 0 Å². The fraction of sp³-hybridized carbons (Fsp3) is 0.0714. The molecule has 0 radical (unpaired) electrons. The Bertz CT molecular complexity index is 671. The van der Waals surface area contributed by atoms with Crippen molar-refractivity contribution in [1.29, 1.82) is 0 Å². The Hall–Kier alpha value is -1.79. The number of anilines is 1. The standard InChI is InChI=1S/C14H12BrN3OS/c1-8-11(15)6-7-12(17-8)18-14(19)10-4-2-9(3-5-10)13(16)20/h2-7H,1H3,(H2,16,20)(H,17,18,19). The zero-order valence-corrected chi connectivity index (χ0v) is 13.1. The molecule has 0 spiro atoms. The van der Waals surface area contributed by atoms with Crippen molar-refractivity contribution in [1.82, 2.24) is 4.98 Å². The van der Waals surface area contributed by atoms with Crippen LogP contribution < -0.4 is 11.1 Å². The topological polar surface area (TPSA) is 68.0 Å². The summed E-state index contributed by atoms with van der Waals surface area (Å²) in [6.07, 6.45) is 0. The molecule has 0 fully saturated rings. The summed E-state index contributed by atoms with van der Waals surface area (Å²) < 4.78 is 0.899. The van der Waals surface area contributed by atoms with Crippen LogP contribution in [0.2, 0.25) is 0 Å². The summed E-state index contributed by atoms with van der Waals surface area (Å²) >= 11 is 8.23. The van der Waals surface area contributed by atoms with Gasteiger partial charge in [0.05, 0.1) is 5.69 Å². The van der Waals surface area contributed by atoms with E-state index in [4.69, 9.17) is 18.0 Å². The van der Waals surface area contributed by atoms with Crippen LogP contribution >= 0.6 is 28.1 Å². The minimum absolute atomic E-state index is 0.228. The Morgan fingerprint density at radius 1 is 1.20 bits per heavy atom. The lowest BCUT2D eigenvalue weighted by molar-refractivity contribution is 0.102. The number of rotatable bonds is 3. The van der Waals surface area contributed by atoms with E-state index in [1.807, 2.05) is 13.0 Å². The van der Waals surface area contributed by atoms with Crippen molar-refractivity contribution in [2.75, 3.05) is 5.32 Å². The third-order valence-corrected chi connectivity index (χ3v) is 3.77. The van der Waals surface area contributed by atoms with Gasteiger partial charge >= 0.3 is 0 Å². The molecule has 3 N–H and O–H groups in total. The molecule has 1 aromatic carbocycles. The lowest BCUT2D eigenvalue weighted by Gasteiger charge is -2.06. The second-order valence-electron chi connectivity index (χ2n) is 4.16. The summed E-state index contributed by atoms with van der Waals surface area (Å²) in [7, 11) is 0. The molecule has 0 saturated heterocycles. The summed E-state index contributed by atoms with van der Waals surface area (Å²) in [5.41, 5.74) is 7.57. The Morgan fingerprint density at radius 3 is 2.35 bits per heavy atom. The molecular weight excluding hydrogens is 338 g/mol. The van der Waals surface area contributed by atoms with Crippen molar-refractivity contribution in [2.24, 2.45) is 5.73 Å². The second kappa shape index (κ2) is 6.11. The first-order valence-corrected chi connectivity index (χ1v) is 7.02.